The van der Waals surface area contributed by atoms with Crippen molar-refractivity contribution >= 4 is 11.8 Å². The molecule has 2 aliphatic rings. The van der Waals surface area contributed by atoms with Gasteiger partial charge in [0.1, 0.15) is 11.8 Å². The molecule has 126 valence electrons. The standard InChI is InChI=1S/C17H25N3O3/c1-12-11-14(19-23-12)16(21)18-15(13-7-3-2-4-8-13)17(22)20-9-5-6-10-20/h11,13,15H,2-10H2,1H3,(H,18,21). The highest BCUT2D eigenvalue weighted by atomic mass is 16.5. The van der Waals surface area contributed by atoms with Gasteiger partial charge in [0, 0.05) is 19.2 Å². The molecule has 2 amide bonds. The molecule has 1 aromatic heterocycles. The van der Waals surface area contributed by atoms with Crippen LogP contribution in [0.4, 0.5) is 0 Å². The SMILES string of the molecule is Cc1cc(C(=O)NC(C(=O)N2CCCC2)C2CCCCC2)no1. The zero-order valence-electron chi connectivity index (χ0n) is 13.7. The van der Waals surface area contributed by atoms with Gasteiger partial charge in [-0.05, 0) is 38.5 Å². The van der Waals surface area contributed by atoms with E-state index < -0.39 is 6.04 Å². The molecule has 1 unspecified atom stereocenters. The molecular formula is C17H25N3O3. The van der Waals surface area contributed by atoms with Crippen LogP contribution in [-0.4, -0.2) is 41.0 Å². The largest absolute Gasteiger partial charge is 0.361 e. The van der Waals surface area contributed by atoms with Crippen molar-refractivity contribution in [3.63, 3.8) is 0 Å². The van der Waals surface area contributed by atoms with E-state index in [4.69, 9.17) is 4.52 Å². The number of hydrogen-bond donors (Lipinski definition) is 1. The van der Waals surface area contributed by atoms with Crippen LogP contribution in [0, 0.1) is 12.8 Å². The van der Waals surface area contributed by atoms with Crippen molar-refractivity contribution in [3.8, 4) is 0 Å². The van der Waals surface area contributed by atoms with Crippen molar-refractivity contribution in [1.29, 1.82) is 0 Å². The van der Waals surface area contributed by atoms with Gasteiger partial charge in [-0.15, -0.1) is 0 Å². The monoisotopic (exact) mass is 319 g/mol. The Labute approximate surface area is 136 Å². The maximum absolute atomic E-state index is 12.9. The number of carbonyl (C=O) groups is 2. The van der Waals surface area contributed by atoms with Gasteiger partial charge in [0.2, 0.25) is 5.91 Å². The van der Waals surface area contributed by atoms with Gasteiger partial charge in [0.25, 0.3) is 5.91 Å². The van der Waals surface area contributed by atoms with E-state index in [-0.39, 0.29) is 23.4 Å². The Balaban J connectivity index is 1.73. The molecule has 0 aromatic carbocycles. The lowest BCUT2D eigenvalue weighted by Gasteiger charge is -2.32. The van der Waals surface area contributed by atoms with Gasteiger partial charge in [-0.2, -0.15) is 0 Å². The van der Waals surface area contributed by atoms with Crippen molar-refractivity contribution < 1.29 is 14.1 Å². The zero-order valence-corrected chi connectivity index (χ0v) is 13.7. The first-order valence-corrected chi connectivity index (χ1v) is 8.68. The van der Waals surface area contributed by atoms with Crippen LogP contribution in [0.5, 0.6) is 0 Å². The number of aryl methyl sites for hydroxylation is 1. The lowest BCUT2D eigenvalue weighted by Crippen LogP contribution is -2.52. The van der Waals surface area contributed by atoms with E-state index in [1.807, 2.05) is 4.90 Å². The van der Waals surface area contributed by atoms with Crippen LogP contribution in [0.2, 0.25) is 0 Å². The highest BCUT2D eigenvalue weighted by Crippen LogP contribution is 2.28. The third kappa shape index (κ3) is 3.74. The lowest BCUT2D eigenvalue weighted by atomic mass is 9.83. The summed E-state index contributed by atoms with van der Waals surface area (Å²) in [6.07, 6.45) is 7.60. The van der Waals surface area contributed by atoms with E-state index in [9.17, 15) is 9.59 Å². The van der Waals surface area contributed by atoms with Crippen LogP contribution in [0.25, 0.3) is 0 Å². The molecule has 1 N–H and O–H groups in total. The average Bonchev–Trinajstić information content (AvgIpc) is 3.24. The Morgan fingerprint density at radius 1 is 1.22 bits per heavy atom. The molecule has 6 heteroatoms. The summed E-state index contributed by atoms with van der Waals surface area (Å²) in [5, 5.41) is 6.70. The predicted molar refractivity (Wildman–Crippen MR) is 84.9 cm³/mol. The number of nitrogens with zero attached hydrogens (tertiary/aromatic N) is 2. The molecule has 1 saturated carbocycles. The van der Waals surface area contributed by atoms with Crippen molar-refractivity contribution in [3.05, 3.63) is 17.5 Å². The van der Waals surface area contributed by atoms with Gasteiger partial charge in [0.15, 0.2) is 5.69 Å². The summed E-state index contributed by atoms with van der Waals surface area (Å²) >= 11 is 0. The third-order valence-corrected chi connectivity index (χ3v) is 4.95. The quantitative estimate of drug-likeness (QED) is 0.924. The summed E-state index contributed by atoms with van der Waals surface area (Å²) in [5.74, 6) is 0.581. The van der Waals surface area contributed by atoms with Crippen molar-refractivity contribution in [2.24, 2.45) is 5.92 Å². The van der Waals surface area contributed by atoms with E-state index in [2.05, 4.69) is 10.5 Å². The van der Waals surface area contributed by atoms with E-state index in [0.29, 0.717) is 5.76 Å². The first kappa shape index (κ1) is 16.0. The predicted octanol–water partition coefficient (Wildman–Crippen LogP) is 2.28. The molecule has 6 nitrogen and oxygen atoms in total. The van der Waals surface area contributed by atoms with Gasteiger partial charge in [-0.25, -0.2) is 0 Å². The molecule has 1 saturated heterocycles. The fourth-order valence-corrected chi connectivity index (χ4v) is 3.67. The summed E-state index contributed by atoms with van der Waals surface area (Å²) in [6, 6.07) is 1.17. The summed E-state index contributed by atoms with van der Waals surface area (Å²) < 4.78 is 4.97. The second-order valence-corrected chi connectivity index (χ2v) is 6.70. The van der Waals surface area contributed by atoms with E-state index in [1.165, 1.54) is 6.42 Å². The Morgan fingerprint density at radius 2 is 1.91 bits per heavy atom. The van der Waals surface area contributed by atoms with Gasteiger partial charge < -0.3 is 14.7 Å². The summed E-state index contributed by atoms with van der Waals surface area (Å²) in [4.78, 5) is 27.2. The number of aromatic nitrogens is 1. The van der Waals surface area contributed by atoms with Crippen molar-refractivity contribution in [2.75, 3.05) is 13.1 Å². The van der Waals surface area contributed by atoms with Crippen molar-refractivity contribution in [2.45, 2.75) is 57.9 Å². The molecule has 3 rings (SSSR count). The second-order valence-electron chi connectivity index (χ2n) is 6.70. The van der Waals surface area contributed by atoms with E-state index in [1.54, 1.807) is 13.0 Å². The maximum Gasteiger partial charge on any atom is 0.274 e. The van der Waals surface area contributed by atoms with E-state index >= 15 is 0 Å². The molecule has 1 aliphatic carbocycles. The number of carbonyl (C=O) groups excluding carboxylic acids is 2. The minimum absolute atomic E-state index is 0.0722. The lowest BCUT2D eigenvalue weighted by molar-refractivity contribution is -0.133. The number of rotatable bonds is 4. The van der Waals surface area contributed by atoms with Crippen LogP contribution in [-0.2, 0) is 4.79 Å². The molecule has 1 atom stereocenters. The molecule has 0 radical (unpaired) electrons. The molecule has 0 spiro atoms. The number of amides is 2. The Kier molecular flexibility index (Phi) is 4.98. The van der Waals surface area contributed by atoms with Gasteiger partial charge in [-0.1, -0.05) is 24.4 Å². The third-order valence-electron chi connectivity index (χ3n) is 4.95. The highest BCUT2D eigenvalue weighted by Gasteiger charge is 2.35. The van der Waals surface area contributed by atoms with Crippen LogP contribution in [0.1, 0.15) is 61.2 Å². The van der Waals surface area contributed by atoms with Crippen LogP contribution in [0.3, 0.4) is 0 Å². The summed E-state index contributed by atoms with van der Waals surface area (Å²) in [5.41, 5.74) is 0.248. The first-order valence-electron chi connectivity index (χ1n) is 8.68. The molecule has 1 aromatic rings. The molecular weight excluding hydrogens is 294 g/mol. The second kappa shape index (κ2) is 7.15. The topological polar surface area (TPSA) is 75.4 Å². The summed E-state index contributed by atoms with van der Waals surface area (Å²) in [7, 11) is 0. The minimum Gasteiger partial charge on any atom is -0.361 e. The average molecular weight is 319 g/mol. The van der Waals surface area contributed by atoms with Crippen LogP contribution < -0.4 is 5.32 Å². The van der Waals surface area contributed by atoms with Crippen LogP contribution in [0.15, 0.2) is 10.6 Å². The van der Waals surface area contributed by atoms with Gasteiger partial charge in [-0.3, -0.25) is 9.59 Å². The maximum atomic E-state index is 12.9. The van der Waals surface area contributed by atoms with Crippen molar-refractivity contribution in [1.82, 2.24) is 15.4 Å². The van der Waals surface area contributed by atoms with Gasteiger partial charge >= 0.3 is 0 Å². The first-order chi connectivity index (χ1) is 11.1. The Morgan fingerprint density at radius 3 is 2.52 bits per heavy atom. The fourth-order valence-electron chi connectivity index (χ4n) is 3.67. The molecule has 2 fully saturated rings. The summed E-state index contributed by atoms with van der Waals surface area (Å²) in [6.45, 7) is 3.36. The number of likely N-dealkylation sites (tertiary alicyclic amines) is 1. The molecule has 23 heavy (non-hydrogen) atoms. The number of nitrogens with one attached hydrogen (secondary N) is 1. The Bertz CT molecular complexity index is 557. The minimum atomic E-state index is -0.432. The number of hydrogen-bond acceptors (Lipinski definition) is 4. The van der Waals surface area contributed by atoms with E-state index in [0.717, 1.165) is 51.6 Å². The fraction of sp³-hybridized carbons (Fsp3) is 0.706. The molecule has 1 aliphatic heterocycles. The molecule has 0 bridgehead atoms. The normalized spacial score (nSPS) is 20.5. The Hall–Kier alpha value is -1.85. The highest BCUT2D eigenvalue weighted by molar-refractivity contribution is 5.96. The van der Waals surface area contributed by atoms with Gasteiger partial charge in [0.05, 0.1) is 0 Å². The zero-order chi connectivity index (χ0) is 16.2. The van der Waals surface area contributed by atoms with Crippen LogP contribution >= 0.6 is 0 Å². The molecule has 2 heterocycles. The smallest absolute Gasteiger partial charge is 0.274 e.